The first-order valence-electron chi connectivity index (χ1n) is 5.06. The van der Waals surface area contributed by atoms with E-state index in [1.807, 2.05) is 0 Å². The zero-order chi connectivity index (χ0) is 14.0. The van der Waals surface area contributed by atoms with Gasteiger partial charge in [0.05, 0.1) is 10.6 Å². The molecule has 1 aromatic rings. The quantitative estimate of drug-likeness (QED) is 0.828. The third-order valence-electron chi connectivity index (χ3n) is 2.32. The van der Waals surface area contributed by atoms with Gasteiger partial charge in [0.15, 0.2) is 0 Å². The van der Waals surface area contributed by atoms with Gasteiger partial charge in [-0.1, -0.05) is 0 Å². The fourth-order valence-electron chi connectivity index (χ4n) is 1.21. The Morgan fingerprint density at radius 2 is 1.61 bits per heavy atom. The van der Waals surface area contributed by atoms with Gasteiger partial charge in [-0.2, -0.15) is 4.31 Å². The first-order chi connectivity index (χ1) is 8.13. The lowest BCUT2D eigenvalue weighted by molar-refractivity contribution is 0.473. The second-order valence-electron chi connectivity index (χ2n) is 3.95. The van der Waals surface area contributed by atoms with E-state index in [1.165, 1.54) is 31.3 Å². The summed E-state index contributed by atoms with van der Waals surface area (Å²) in [5.41, 5.74) is 0. The lowest BCUT2D eigenvalue weighted by atomic mass is 10.3. The molecule has 0 unspecified atom stereocenters. The van der Waals surface area contributed by atoms with Crippen LogP contribution in [0.2, 0.25) is 0 Å². The zero-order valence-corrected chi connectivity index (χ0v) is 11.7. The Balaban J connectivity index is 2.90. The molecule has 0 spiro atoms. The van der Waals surface area contributed by atoms with Crippen molar-refractivity contribution in [3.05, 3.63) is 24.3 Å². The molecule has 0 atom stereocenters. The van der Waals surface area contributed by atoms with Crippen LogP contribution < -0.4 is 0 Å². The van der Waals surface area contributed by atoms with Gasteiger partial charge in [-0.15, -0.1) is 0 Å². The van der Waals surface area contributed by atoms with Gasteiger partial charge in [-0.25, -0.2) is 16.8 Å². The molecular formula is C10H15NO5S2. The van der Waals surface area contributed by atoms with Crippen LogP contribution in [0.15, 0.2) is 29.2 Å². The van der Waals surface area contributed by atoms with Crippen LogP contribution in [0.1, 0.15) is 0 Å². The maximum absolute atomic E-state index is 12.0. The van der Waals surface area contributed by atoms with Crippen molar-refractivity contribution >= 4 is 19.9 Å². The summed E-state index contributed by atoms with van der Waals surface area (Å²) < 4.78 is 47.0. The van der Waals surface area contributed by atoms with Crippen molar-refractivity contribution in [1.29, 1.82) is 0 Å². The van der Waals surface area contributed by atoms with E-state index in [0.29, 0.717) is 0 Å². The van der Waals surface area contributed by atoms with Crippen molar-refractivity contribution in [3.63, 3.8) is 0 Å². The molecule has 0 fully saturated rings. The molecule has 0 heterocycles. The molecule has 0 bridgehead atoms. The molecule has 0 amide bonds. The van der Waals surface area contributed by atoms with E-state index in [1.54, 1.807) is 0 Å². The molecule has 18 heavy (non-hydrogen) atoms. The van der Waals surface area contributed by atoms with Crippen molar-refractivity contribution in [2.45, 2.75) is 4.90 Å². The summed E-state index contributed by atoms with van der Waals surface area (Å²) >= 11 is 0. The number of benzene rings is 1. The first kappa shape index (κ1) is 14.9. The van der Waals surface area contributed by atoms with Crippen LogP contribution >= 0.6 is 0 Å². The number of phenols is 1. The van der Waals surface area contributed by atoms with Gasteiger partial charge in [0, 0.05) is 19.8 Å². The second-order valence-corrected chi connectivity index (χ2v) is 8.25. The molecule has 0 aliphatic carbocycles. The normalized spacial score (nSPS) is 12.8. The molecule has 8 heteroatoms. The second kappa shape index (κ2) is 5.25. The van der Waals surface area contributed by atoms with Crippen LogP contribution in [0.3, 0.4) is 0 Å². The number of rotatable bonds is 5. The lowest BCUT2D eigenvalue weighted by Crippen LogP contribution is -2.31. The van der Waals surface area contributed by atoms with Gasteiger partial charge in [0.2, 0.25) is 10.0 Å². The number of phenolic OH excluding ortho intramolecular Hbond substituents is 1. The number of nitrogens with zero attached hydrogens (tertiary/aromatic N) is 1. The molecule has 0 aliphatic rings. The van der Waals surface area contributed by atoms with E-state index < -0.39 is 19.9 Å². The van der Waals surface area contributed by atoms with Crippen LogP contribution in [-0.4, -0.2) is 51.8 Å². The molecule has 102 valence electrons. The molecule has 0 saturated carbocycles. The van der Waals surface area contributed by atoms with Gasteiger partial charge in [0.25, 0.3) is 0 Å². The number of hydrogen-bond acceptors (Lipinski definition) is 5. The van der Waals surface area contributed by atoms with E-state index in [9.17, 15) is 16.8 Å². The highest BCUT2D eigenvalue weighted by atomic mass is 32.2. The highest BCUT2D eigenvalue weighted by Crippen LogP contribution is 2.17. The average molecular weight is 293 g/mol. The molecule has 0 radical (unpaired) electrons. The van der Waals surface area contributed by atoms with E-state index in [2.05, 4.69) is 0 Å². The standard InChI is InChI=1S/C10H15NO5S2/c1-11(7-8-17(2,13)14)18(15,16)10-5-3-9(12)4-6-10/h3-6,12H,7-8H2,1-2H3. The van der Waals surface area contributed by atoms with Crippen molar-refractivity contribution in [2.24, 2.45) is 0 Å². The topological polar surface area (TPSA) is 91.8 Å². The lowest BCUT2D eigenvalue weighted by Gasteiger charge is -2.16. The van der Waals surface area contributed by atoms with Gasteiger partial charge in [0.1, 0.15) is 15.6 Å². The van der Waals surface area contributed by atoms with E-state index >= 15 is 0 Å². The SMILES string of the molecule is CN(CCS(C)(=O)=O)S(=O)(=O)c1ccc(O)cc1. The first-order valence-corrected chi connectivity index (χ1v) is 8.56. The monoisotopic (exact) mass is 293 g/mol. The number of sulfone groups is 1. The maximum Gasteiger partial charge on any atom is 0.242 e. The number of aromatic hydroxyl groups is 1. The van der Waals surface area contributed by atoms with Gasteiger partial charge in [-0.3, -0.25) is 0 Å². The third kappa shape index (κ3) is 3.97. The van der Waals surface area contributed by atoms with Crippen molar-refractivity contribution in [3.8, 4) is 5.75 Å². The Morgan fingerprint density at radius 1 is 1.11 bits per heavy atom. The van der Waals surface area contributed by atoms with Crippen LogP contribution in [-0.2, 0) is 19.9 Å². The number of hydrogen-bond donors (Lipinski definition) is 1. The number of sulfonamides is 1. The molecular weight excluding hydrogens is 278 g/mol. The highest BCUT2D eigenvalue weighted by molar-refractivity contribution is 7.91. The largest absolute Gasteiger partial charge is 0.508 e. The summed E-state index contributed by atoms with van der Waals surface area (Å²) in [7, 11) is -5.62. The zero-order valence-electron chi connectivity index (χ0n) is 10.1. The van der Waals surface area contributed by atoms with E-state index in [-0.39, 0.29) is 22.9 Å². The minimum absolute atomic E-state index is 0.0105. The minimum Gasteiger partial charge on any atom is -0.508 e. The Bertz CT molecular complexity index is 604. The summed E-state index contributed by atoms with van der Waals surface area (Å²) in [6.07, 6.45) is 1.05. The fraction of sp³-hybridized carbons (Fsp3) is 0.400. The molecule has 0 aromatic heterocycles. The smallest absolute Gasteiger partial charge is 0.242 e. The van der Waals surface area contributed by atoms with E-state index in [0.717, 1.165) is 10.6 Å². The van der Waals surface area contributed by atoms with Crippen LogP contribution in [0.4, 0.5) is 0 Å². The van der Waals surface area contributed by atoms with Gasteiger partial charge >= 0.3 is 0 Å². The van der Waals surface area contributed by atoms with Gasteiger partial charge < -0.3 is 5.11 Å². The molecule has 6 nitrogen and oxygen atoms in total. The average Bonchev–Trinajstić information content (AvgIpc) is 2.25. The van der Waals surface area contributed by atoms with Crippen molar-refractivity contribution < 1.29 is 21.9 Å². The predicted octanol–water partition coefficient (Wildman–Crippen LogP) is 0.0573. The third-order valence-corrected chi connectivity index (χ3v) is 5.12. The maximum atomic E-state index is 12.0. The molecule has 1 N–H and O–H groups in total. The summed E-state index contributed by atoms with van der Waals surface area (Å²) in [5.74, 6) is -0.270. The molecule has 0 saturated heterocycles. The van der Waals surface area contributed by atoms with Crippen molar-refractivity contribution in [1.82, 2.24) is 4.31 Å². The molecule has 1 rings (SSSR count). The minimum atomic E-state index is -3.72. The highest BCUT2D eigenvalue weighted by Gasteiger charge is 2.21. The summed E-state index contributed by atoms with van der Waals surface area (Å²) in [6.45, 7) is -0.109. The molecule has 0 aliphatic heterocycles. The Morgan fingerprint density at radius 3 is 2.06 bits per heavy atom. The van der Waals surface area contributed by atoms with Gasteiger partial charge in [-0.05, 0) is 24.3 Å². The van der Waals surface area contributed by atoms with Crippen LogP contribution in [0.5, 0.6) is 5.75 Å². The summed E-state index contributed by atoms with van der Waals surface area (Å²) in [5, 5.41) is 9.08. The van der Waals surface area contributed by atoms with Crippen molar-refractivity contribution in [2.75, 3.05) is 25.6 Å². The summed E-state index contributed by atoms with van der Waals surface area (Å²) in [6, 6.07) is 5.05. The Kier molecular flexibility index (Phi) is 4.36. The Labute approximate surface area is 107 Å². The Hall–Kier alpha value is -1.12. The van der Waals surface area contributed by atoms with Crippen LogP contribution in [0, 0.1) is 0 Å². The van der Waals surface area contributed by atoms with E-state index in [4.69, 9.17) is 5.11 Å². The van der Waals surface area contributed by atoms with Crippen LogP contribution in [0.25, 0.3) is 0 Å². The summed E-state index contributed by atoms with van der Waals surface area (Å²) in [4.78, 5) is 0.0105. The molecule has 1 aromatic carbocycles. The fourth-order valence-corrected chi connectivity index (χ4v) is 3.11. The predicted molar refractivity (Wildman–Crippen MR) is 67.6 cm³/mol.